The summed E-state index contributed by atoms with van der Waals surface area (Å²) in [6.45, 7) is 0. The van der Waals surface area contributed by atoms with E-state index in [4.69, 9.17) is 5.73 Å². The van der Waals surface area contributed by atoms with Crippen LogP contribution >= 0.6 is 31.9 Å². The third-order valence-electron chi connectivity index (χ3n) is 2.74. The van der Waals surface area contributed by atoms with Crippen molar-refractivity contribution in [2.45, 2.75) is 12.2 Å². The largest absolute Gasteiger partial charge is 0.416 e. The predicted octanol–water partition coefficient (Wildman–Crippen LogP) is 4.67. The van der Waals surface area contributed by atoms with E-state index in [2.05, 4.69) is 36.8 Å². The van der Waals surface area contributed by atoms with Crippen LogP contribution in [0.3, 0.4) is 0 Å². The molecular weight excluding hydrogens is 401 g/mol. The molecule has 0 amide bonds. The van der Waals surface area contributed by atoms with Crippen molar-refractivity contribution in [1.82, 2.24) is 4.98 Å². The second-order valence-corrected chi connectivity index (χ2v) is 5.92. The van der Waals surface area contributed by atoms with Gasteiger partial charge in [0.25, 0.3) is 0 Å². The Labute approximate surface area is 130 Å². The van der Waals surface area contributed by atoms with Gasteiger partial charge in [-0.25, -0.2) is 0 Å². The van der Waals surface area contributed by atoms with E-state index >= 15 is 0 Å². The smallest absolute Gasteiger partial charge is 0.320 e. The third-order valence-corrected chi connectivity index (χ3v) is 3.90. The number of halogens is 5. The maximum atomic E-state index is 12.8. The number of aromatic nitrogens is 1. The second-order valence-electron chi connectivity index (χ2n) is 4.15. The molecule has 0 aliphatic rings. The number of hydrogen-bond acceptors (Lipinski definition) is 2. The van der Waals surface area contributed by atoms with Gasteiger partial charge in [-0.15, -0.1) is 0 Å². The molecule has 0 aliphatic carbocycles. The molecule has 106 valence electrons. The van der Waals surface area contributed by atoms with E-state index in [0.717, 1.165) is 12.1 Å². The fourth-order valence-electron chi connectivity index (χ4n) is 1.74. The van der Waals surface area contributed by atoms with Gasteiger partial charge in [-0.2, -0.15) is 13.2 Å². The Balaban J connectivity index is 2.46. The summed E-state index contributed by atoms with van der Waals surface area (Å²) in [7, 11) is 0. The van der Waals surface area contributed by atoms with Gasteiger partial charge in [-0.05, 0) is 51.3 Å². The van der Waals surface area contributed by atoms with Crippen LogP contribution in [0.5, 0.6) is 0 Å². The standard InChI is InChI=1S/C13H9Br2F3N2/c14-9-3-7(5-20-6-9)12(19)10-4-8(13(16,17)18)1-2-11(10)15/h1-6,12H,19H2. The van der Waals surface area contributed by atoms with E-state index in [9.17, 15) is 13.2 Å². The number of nitrogens with two attached hydrogens (primary N) is 1. The van der Waals surface area contributed by atoms with Crippen molar-refractivity contribution < 1.29 is 13.2 Å². The van der Waals surface area contributed by atoms with Crippen molar-refractivity contribution in [1.29, 1.82) is 0 Å². The van der Waals surface area contributed by atoms with E-state index < -0.39 is 17.8 Å². The third kappa shape index (κ3) is 3.39. The first-order chi connectivity index (χ1) is 9.29. The average Bonchev–Trinajstić information content (AvgIpc) is 2.37. The van der Waals surface area contributed by atoms with Crippen molar-refractivity contribution in [2.75, 3.05) is 0 Å². The van der Waals surface area contributed by atoms with Gasteiger partial charge >= 0.3 is 6.18 Å². The van der Waals surface area contributed by atoms with Crippen LogP contribution < -0.4 is 5.73 Å². The number of rotatable bonds is 2. The number of hydrogen-bond donors (Lipinski definition) is 1. The van der Waals surface area contributed by atoms with Gasteiger partial charge in [0.1, 0.15) is 0 Å². The van der Waals surface area contributed by atoms with Crippen molar-refractivity contribution >= 4 is 31.9 Å². The fraction of sp³-hybridized carbons (Fsp3) is 0.154. The molecule has 2 aromatic rings. The molecule has 0 saturated heterocycles. The lowest BCUT2D eigenvalue weighted by molar-refractivity contribution is -0.137. The van der Waals surface area contributed by atoms with Crippen molar-refractivity contribution in [2.24, 2.45) is 5.73 Å². The summed E-state index contributed by atoms with van der Waals surface area (Å²) < 4.78 is 39.5. The molecule has 1 atom stereocenters. The summed E-state index contributed by atoms with van der Waals surface area (Å²) in [5, 5.41) is 0. The van der Waals surface area contributed by atoms with Gasteiger partial charge in [-0.3, -0.25) is 4.98 Å². The fourth-order valence-corrected chi connectivity index (χ4v) is 2.61. The molecule has 2 rings (SSSR count). The number of pyridine rings is 1. The van der Waals surface area contributed by atoms with Crippen LogP contribution in [0.1, 0.15) is 22.7 Å². The van der Waals surface area contributed by atoms with Crippen LogP contribution in [0, 0.1) is 0 Å². The summed E-state index contributed by atoms with van der Waals surface area (Å²) in [4.78, 5) is 3.97. The summed E-state index contributed by atoms with van der Waals surface area (Å²) in [5.74, 6) is 0. The summed E-state index contributed by atoms with van der Waals surface area (Å²) in [6, 6.07) is 4.44. The molecule has 1 aromatic carbocycles. The number of nitrogens with zero attached hydrogens (tertiary/aromatic N) is 1. The first kappa shape index (κ1) is 15.5. The molecule has 2 nitrogen and oxygen atoms in total. The maximum Gasteiger partial charge on any atom is 0.416 e. The van der Waals surface area contributed by atoms with Crippen LogP contribution in [-0.2, 0) is 6.18 Å². The van der Waals surface area contributed by atoms with Crippen LogP contribution in [0.4, 0.5) is 13.2 Å². The van der Waals surface area contributed by atoms with Crippen molar-refractivity contribution in [3.05, 3.63) is 62.3 Å². The van der Waals surface area contributed by atoms with Gasteiger partial charge in [-0.1, -0.05) is 15.9 Å². The van der Waals surface area contributed by atoms with E-state index in [1.165, 1.54) is 12.3 Å². The molecule has 20 heavy (non-hydrogen) atoms. The monoisotopic (exact) mass is 408 g/mol. The molecule has 0 saturated carbocycles. The molecule has 0 aliphatic heterocycles. The molecule has 7 heteroatoms. The topological polar surface area (TPSA) is 38.9 Å². The predicted molar refractivity (Wildman–Crippen MR) is 77.1 cm³/mol. The Hall–Kier alpha value is -0.920. The average molecular weight is 410 g/mol. The summed E-state index contributed by atoms with van der Waals surface area (Å²) in [5.41, 5.74) is 6.30. The first-order valence-electron chi connectivity index (χ1n) is 5.51. The lowest BCUT2D eigenvalue weighted by Crippen LogP contribution is -2.15. The lowest BCUT2D eigenvalue weighted by atomic mass is 9.99. The van der Waals surface area contributed by atoms with Crippen LogP contribution in [-0.4, -0.2) is 4.98 Å². The Morgan fingerprint density at radius 1 is 1.10 bits per heavy atom. The molecule has 1 aromatic heterocycles. The Morgan fingerprint density at radius 3 is 2.40 bits per heavy atom. The van der Waals surface area contributed by atoms with E-state index in [0.29, 0.717) is 20.1 Å². The lowest BCUT2D eigenvalue weighted by Gasteiger charge is -2.16. The van der Waals surface area contributed by atoms with E-state index in [1.807, 2.05) is 0 Å². The highest BCUT2D eigenvalue weighted by atomic mass is 79.9. The zero-order valence-electron chi connectivity index (χ0n) is 9.96. The van der Waals surface area contributed by atoms with Crippen LogP contribution in [0.15, 0.2) is 45.6 Å². The van der Waals surface area contributed by atoms with Gasteiger partial charge in [0.2, 0.25) is 0 Å². The second kappa shape index (κ2) is 5.83. The maximum absolute atomic E-state index is 12.8. The highest BCUT2D eigenvalue weighted by Crippen LogP contribution is 2.35. The number of benzene rings is 1. The molecular formula is C13H9Br2F3N2. The minimum absolute atomic E-state index is 0.361. The number of alkyl halides is 3. The van der Waals surface area contributed by atoms with Crippen LogP contribution in [0.2, 0.25) is 0 Å². The minimum atomic E-state index is -4.40. The Bertz CT molecular complexity index is 629. The van der Waals surface area contributed by atoms with Gasteiger partial charge in [0.15, 0.2) is 0 Å². The first-order valence-corrected chi connectivity index (χ1v) is 7.10. The van der Waals surface area contributed by atoms with E-state index in [1.54, 1.807) is 12.3 Å². The Kier molecular flexibility index (Phi) is 4.51. The molecule has 0 spiro atoms. The zero-order chi connectivity index (χ0) is 14.9. The SMILES string of the molecule is NC(c1cncc(Br)c1)c1cc(C(F)(F)F)ccc1Br. The quantitative estimate of drug-likeness (QED) is 0.782. The zero-order valence-corrected chi connectivity index (χ0v) is 13.1. The van der Waals surface area contributed by atoms with Gasteiger partial charge < -0.3 is 5.73 Å². The molecule has 0 radical (unpaired) electrons. The normalized spacial score (nSPS) is 13.3. The Morgan fingerprint density at radius 2 is 1.80 bits per heavy atom. The summed E-state index contributed by atoms with van der Waals surface area (Å²) >= 11 is 6.49. The highest BCUT2D eigenvalue weighted by Gasteiger charge is 2.31. The minimum Gasteiger partial charge on any atom is -0.320 e. The molecule has 2 N–H and O–H groups in total. The van der Waals surface area contributed by atoms with Crippen LogP contribution in [0.25, 0.3) is 0 Å². The van der Waals surface area contributed by atoms with E-state index in [-0.39, 0.29) is 0 Å². The summed E-state index contributed by atoms with van der Waals surface area (Å²) in [6.07, 6.45) is -1.29. The highest BCUT2D eigenvalue weighted by molar-refractivity contribution is 9.10. The molecule has 1 heterocycles. The molecule has 1 unspecified atom stereocenters. The van der Waals surface area contributed by atoms with Gasteiger partial charge in [0, 0.05) is 21.3 Å². The molecule has 0 fully saturated rings. The van der Waals surface area contributed by atoms with Gasteiger partial charge in [0.05, 0.1) is 11.6 Å². The van der Waals surface area contributed by atoms with Crippen molar-refractivity contribution in [3.8, 4) is 0 Å². The molecule has 0 bridgehead atoms. The van der Waals surface area contributed by atoms with Crippen molar-refractivity contribution in [3.63, 3.8) is 0 Å².